The highest BCUT2D eigenvalue weighted by atomic mass is 35.5. The summed E-state index contributed by atoms with van der Waals surface area (Å²) in [6.45, 7) is 2.37. The lowest BCUT2D eigenvalue weighted by molar-refractivity contribution is -0.0461. The number of nitrogens with zero attached hydrogens (tertiary/aromatic N) is 3. The van der Waals surface area contributed by atoms with E-state index in [1.807, 2.05) is 0 Å². The molecule has 7 nitrogen and oxygen atoms in total. The molecule has 1 saturated heterocycles. The van der Waals surface area contributed by atoms with Crippen LogP contribution in [0.2, 0.25) is 0 Å². The van der Waals surface area contributed by atoms with Gasteiger partial charge in [0.25, 0.3) is 15.4 Å². The number of nitrogens with one attached hydrogen (secondary N) is 1. The third-order valence-corrected chi connectivity index (χ3v) is 7.02. The maximum atomic E-state index is 13.5. The van der Waals surface area contributed by atoms with E-state index >= 15 is 0 Å². The lowest BCUT2D eigenvalue weighted by Crippen LogP contribution is -2.43. The normalized spacial score (nSPS) is 17.9. The van der Waals surface area contributed by atoms with Crippen LogP contribution in [0, 0.1) is 12.8 Å². The molecule has 0 radical (unpaired) electrons. The van der Waals surface area contributed by atoms with Gasteiger partial charge in [-0.3, -0.25) is 13.8 Å². The molecule has 4 heterocycles. The van der Waals surface area contributed by atoms with E-state index in [0.29, 0.717) is 24.4 Å². The third kappa shape index (κ3) is 2.87. The smallest absolute Gasteiger partial charge is 0.317 e. The zero-order valence-electron chi connectivity index (χ0n) is 14.7. The first-order chi connectivity index (χ1) is 12.6. The molecule has 0 bridgehead atoms. The Labute approximate surface area is 164 Å². The SMILES string of the molecule is Cc1nc2cccc3n(C(C4CCNCC4)S(=O)(=O)C(F)(F)F)c(=O)c1n23.Cl. The molecule has 1 unspecified atom stereocenters. The minimum Gasteiger partial charge on any atom is -0.317 e. The number of piperidine rings is 1. The summed E-state index contributed by atoms with van der Waals surface area (Å²) in [6.07, 6.45) is 0.456. The van der Waals surface area contributed by atoms with E-state index in [2.05, 4.69) is 10.3 Å². The summed E-state index contributed by atoms with van der Waals surface area (Å²) in [6, 6.07) is 4.61. The summed E-state index contributed by atoms with van der Waals surface area (Å²) < 4.78 is 67.7. The molecule has 3 aromatic rings. The monoisotopic (exact) mass is 438 g/mol. The predicted molar refractivity (Wildman–Crippen MR) is 99.7 cm³/mol. The molecule has 0 aliphatic carbocycles. The van der Waals surface area contributed by atoms with Crippen LogP contribution in [0.1, 0.15) is 23.9 Å². The van der Waals surface area contributed by atoms with Gasteiger partial charge in [-0.05, 0) is 50.9 Å². The van der Waals surface area contributed by atoms with E-state index < -0.39 is 32.2 Å². The minimum atomic E-state index is -5.62. The Morgan fingerprint density at radius 2 is 1.89 bits per heavy atom. The Hall–Kier alpha value is -1.85. The fraction of sp³-hybridized carbons (Fsp3) is 0.500. The Balaban J connectivity index is 0.00000225. The van der Waals surface area contributed by atoms with Gasteiger partial charge in [0.05, 0.1) is 5.69 Å². The van der Waals surface area contributed by atoms with Crippen LogP contribution in [0.4, 0.5) is 13.2 Å². The topological polar surface area (TPSA) is 85.5 Å². The van der Waals surface area contributed by atoms with Crippen LogP contribution in [0.25, 0.3) is 16.8 Å². The summed E-state index contributed by atoms with van der Waals surface area (Å²) in [5, 5.41) is 1.01. The van der Waals surface area contributed by atoms with Crippen molar-refractivity contribution in [1.82, 2.24) is 19.3 Å². The van der Waals surface area contributed by atoms with Gasteiger partial charge in [-0.15, -0.1) is 12.4 Å². The van der Waals surface area contributed by atoms with Crippen molar-refractivity contribution in [1.29, 1.82) is 0 Å². The van der Waals surface area contributed by atoms with Gasteiger partial charge in [-0.2, -0.15) is 13.2 Å². The minimum absolute atomic E-state index is 0. The zero-order chi connectivity index (χ0) is 19.6. The maximum Gasteiger partial charge on any atom is 0.499 e. The van der Waals surface area contributed by atoms with Crippen molar-refractivity contribution in [2.45, 2.75) is 30.6 Å². The molecule has 154 valence electrons. The second-order valence-corrected chi connectivity index (χ2v) is 8.80. The van der Waals surface area contributed by atoms with Crippen molar-refractivity contribution in [3.8, 4) is 0 Å². The number of aryl methyl sites for hydroxylation is 1. The van der Waals surface area contributed by atoms with Crippen LogP contribution in [0.5, 0.6) is 0 Å². The van der Waals surface area contributed by atoms with Gasteiger partial charge >= 0.3 is 5.51 Å². The largest absolute Gasteiger partial charge is 0.499 e. The van der Waals surface area contributed by atoms with E-state index in [1.165, 1.54) is 10.5 Å². The van der Waals surface area contributed by atoms with E-state index in [1.54, 1.807) is 19.1 Å². The lowest BCUT2D eigenvalue weighted by atomic mass is 9.97. The molecule has 0 spiro atoms. The van der Waals surface area contributed by atoms with Gasteiger partial charge in [-0.1, -0.05) is 6.07 Å². The Kier molecular flexibility index (Phi) is 5.13. The van der Waals surface area contributed by atoms with Crippen LogP contribution in [-0.4, -0.2) is 41.0 Å². The predicted octanol–water partition coefficient (Wildman–Crippen LogP) is 2.25. The molecule has 3 aromatic heterocycles. The fourth-order valence-corrected chi connectivity index (χ4v) is 5.50. The molecule has 1 N–H and O–H groups in total. The second kappa shape index (κ2) is 6.89. The standard InChI is InChI=1S/C16H17F3N4O3S.ClH/c1-9-13-14(24)23(12-4-2-3-11(21-9)22(12)13)15(10-5-7-20-8-6-10)27(25,26)16(17,18)19;/h2-4,10,15,20H,5-8H2,1H3;1H. The number of hydrogen-bond donors (Lipinski definition) is 1. The van der Waals surface area contributed by atoms with E-state index in [4.69, 9.17) is 0 Å². The van der Waals surface area contributed by atoms with Gasteiger partial charge in [0, 0.05) is 0 Å². The van der Waals surface area contributed by atoms with Crippen molar-refractivity contribution >= 4 is 39.1 Å². The molecule has 0 amide bonds. The lowest BCUT2D eigenvalue weighted by Gasteiger charge is -2.31. The van der Waals surface area contributed by atoms with Gasteiger partial charge < -0.3 is 5.32 Å². The third-order valence-electron chi connectivity index (χ3n) is 5.15. The molecule has 28 heavy (non-hydrogen) atoms. The van der Waals surface area contributed by atoms with Gasteiger partial charge in [0.1, 0.15) is 16.8 Å². The highest BCUT2D eigenvalue weighted by Crippen LogP contribution is 2.40. The molecule has 4 rings (SSSR count). The number of alkyl halides is 3. The van der Waals surface area contributed by atoms with Crippen molar-refractivity contribution in [2.75, 3.05) is 13.1 Å². The molecule has 12 heteroatoms. The fourth-order valence-electron chi connectivity index (χ4n) is 3.96. The molecular formula is C16H18ClF3N4O3S. The van der Waals surface area contributed by atoms with Crippen molar-refractivity contribution < 1.29 is 21.6 Å². The molecule has 1 fully saturated rings. The van der Waals surface area contributed by atoms with Crippen molar-refractivity contribution in [3.05, 3.63) is 34.2 Å². The molecule has 1 aliphatic rings. The number of pyridine rings is 1. The Morgan fingerprint density at radius 1 is 1.25 bits per heavy atom. The second-order valence-electron chi connectivity index (χ2n) is 6.77. The van der Waals surface area contributed by atoms with E-state index in [9.17, 15) is 26.4 Å². The summed E-state index contributed by atoms with van der Waals surface area (Å²) in [7, 11) is -5.62. The van der Waals surface area contributed by atoms with E-state index in [0.717, 1.165) is 4.57 Å². The zero-order valence-corrected chi connectivity index (χ0v) is 16.4. The van der Waals surface area contributed by atoms with Crippen LogP contribution in [-0.2, 0) is 9.84 Å². The van der Waals surface area contributed by atoms with Gasteiger partial charge in [-0.25, -0.2) is 13.4 Å². The molecule has 1 atom stereocenters. The van der Waals surface area contributed by atoms with Crippen molar-refractivity contribution in [3.63, 3.8) is 0 Å². The van der Waals surface area contributed by atoms with Crippen LogP contribution in [0.15, 0.2) is 23.0 Å². The van der Waals surface area contributed by atoms with E-state index in [-0.39, 0.29) is 36.4 Å². The Bertz CT molecular complexity index is 1170. The maximum absolute atomic E-state index is 13.5. The average molecular weight is 439 g/mol. The number of halogens is 4. The first-order valence-electron chi connectivity index (χ1n) is 8.47. The number of imidazole rings is 2. The molecule has 0 saturated carbocycles. The van der Waals surface area contributed by atoms with Crippen LogP contribution >= 0.6 is 12.4 Å². The summed E-state index contributed by atoms with van der Waals surface area (Å²) in [4.78, 5) is 17.3. The van der Waals surface area contributed by atoms with Crippen LogP contribution < -0.4 is 10.9 Å². The number of hydrogen-bond acceptors (Lipinski definition) is 5. The molecule has 0 aromatic carbocycles. The van der Waals surface area contributed by atoms with Crippen LogP contribution in [0.3, 0.4) is 0 Å². The summed E-state index contributed by atoms with van der Waals surface area (Å²) in [5.41, 5.74) is -5.27. The number of sulfone groups is 1. The summed E-state index contributed by atoms with van der Waals surface area (Å²) in [5.74, 6) is -0.824. The molecular weight excluding hydrogens is 421 g/mol. The number of rotatable bonds is 3. The highest BCUT2D eigenvalue weighted by Gasteiger charge is 2.54. The Morgan fingerprint density at radius 3 is 2.50 bits per heavy atom. The quantitative estimate of drug-likeness (QED) is 0.678. The first-order valence-corrected chi connectivity index (χ1v) is 10.0. The average Bonchev–Trinajstić information content (AvgIpc) is 3.08. The van der Waals surface area contributed by atoms with Gasteiger partial charge in [0.2, 0.25) is 0 Å². The first kappa shape index (κ1) is 20.9. The van der Waals surface area contributed by atoms with Gasteiger partial charge in [0.15, 0.2) is 5.37 Å². The summed E-state index contributed by atoms with van der Waals surface area (Å²) >= 11 is 0. The molecule has 1 aliphatic heterocycles. The highest BCUT2D eigenvalue weighted by molar-refractivity contribution is 7.92. The number of aromatic nitrogens is 3. The van der Waals surface area contributed by atoms with Crippen molar-refractivity contribution in [2.24, 2.45) is 5.92 Å².